The number of amides is 2. The zero-order valence-corrected chi connectivity index (χ0v) is 11.3. The molecule has 0 fully saturated rings. The third-order valence-electron chi connectivity index (χ3n) is 2.38. The van der Waals surface area contributed by atoms with Gasteiger partial charge >= 0.3 is 0 Å². The molecule has 2 amide bonds. The van der Waals surface area contributed by atoms with Gasteiger partial charge in [0, 0.05) is 18.5 Å². The summed E-state index contributed by atoms with van der Waals surface area (Å²) < 4.78 is 0. The number of carbonyl (C=O) groups is 2. The van der Waals surface area contributed by atoms with Gasteiger partial charge in [-0.25, -0.2) is 0 Å². The van der Waals surface area contributed by atoms with Gasteiger partial charge < -0.3 is 16.4 Å². The fourth-order valence-electron chi connectivity index (χ4n) is 1.16. The molecule has 0 saturated carbocycles. The summed E-state index contributed by atoms with van der Waals surface area (Å²) in [6.45, 7) is 8.17. The normalized spacial score (nSPS) is 11.4. The summed E-state index contributed by atoms with van der Waals surface area (Å²) in [6, 6.07) is 0. The summed E-state index contributed by atoms with van der Waals surface area (Å²) in [5.74, 6) is 0.198. The van der Waals surface area contributed by atoms with Crippen LogP contribution in [0.1, 0.15) is 40.5 Å². The lowest BCUT2D eigenvalue weighted by atomic mass is 10.1. The first-order chi connectivity index (χ1) is 7.76. The number of hydrogen-bond donors (Lipinski definition) is 3. The van der Waals surface area contributed by atoms with E-state index in [2.05, 4.69) is 24.5 Å². The van der Waals surface area contributed by atoms with Crippen molar-refractivity contribution in [3.63, 3.8) is 0 Å². The van der Waals surface area contributed by atoms with Crippen molar-refractivity contribution in [1.82, 2.24) is 10.6 Å². The first kappa shape index (κ1) is 15.9. The van der Waals surface area contributed by atoms with Crippen LogP contribution in [0.25, 0.3) is 0 Å². The SMILES string of the molecule is CC(C)CCC(=O)NCC(=O)NC(C)(C)CN. The van der Waals surface area contributed by atoms with Crippen molar-refractivity contribution < 1.29 is 9.59 Å². The highest BCUT2D eigenvalue weighted by Crippen LogP contribution is 2.02. The van der Waals surface area contributed by atoms with E-state index >= 15 is 0 Å². The predicted octanol–water partition coefficient (Wildman–Crippen LogP) is 0.392. The largest absolute Gasteiger partial charge is 0.348 e. The van der Waals surface area contributed by atoms with Gasteiger partial charge in [0.05, 0.1) is 6.54 Å². The molecule has 0 rings (SSSR count). The average molecular weight is 243 g/mol. The molecule has 0 unspecified atom stereocenters. The van der Waals surface area contributed by atoms with Gasteiger partial charge in [-0.05, 0) is 26.2 Å². The van der Waals surface area contributed by atoms with Crippen molar-refractivity contribution in [2.45, 2.75) is 46.1 Å². The molecule has 5 heteroatoms. The fourth-order valence-corrected chi connectivity index (χ4v) is 1.16. The topological polar surface area (TPSA) is 84.2 Å². The van der Waals surface area contributed by atoms with Crippen LogP contribution in [-0.2, 0) is 9.59 Å². The second-order valence-corrected chi connectivity index (χ2v) is 5.35. The number of rotatable bonds is 7. The lowest BCUT2D eigenvalue weighted by Crippen LogP contribution is -2.51. The minimum absolute atomic E-state index is 0.0142. The van der Waals surface area contributed by atoms with E-state index in [9.17, 15) is 9.59 Å². The molecule has 0 heterocycles. The van der Waals surface area contributed by atoms with Gasteiger partial charge in [0.15, 0.2) is 0 Å². The summed E-state index contributed by atoms with van der Waals surface area (Å²) in [5.41, 5.74) is 5.06. The quantitative estimate of drug-likeness (QED) is 0.605. The van der Waals surface area contributed by atoms with Crippen molar-refractivity contribution in [1.29, 1.82) is 0 Å². The van der Waals surface area contributed by atoms with Crippen LogP contribution in [-0.4, -0.2) is 30.4 Å². The van der Waals surface area contributed by atoms with Crippen LogP contribution in [0.2, 0.25) is 0 Å². The number of carbonyl (C=O) groups excluding carboxylic acids is 2. The molecule has 0 aliphatic carbocycles. The van der Waals surface area contributed by atoms with E-state index in [4.69, 9.17) is 5.73 Å². The van der Waals surface area contributed by atoms with Crippen molar-refractivity contribution >= 4 is 11.8 Å². The second-order valence-electron chi connectivity index (χ2n) is 5.35. The second kappa shape index (κ2) is 7.27. The highest BCUT2D eigenvalue weighted by Gasteiger charge is 2.18. The lowest BCUT2D eigenvalue weighted by molar-refractivity contribution is -0.127. The number of nitrogens with two attached hydrogens (primary N) is 1. The van der Waals surface area contributed by atoms with E-state index in [1.165, 1.54) is 0 Å². The van der Waals surface area contributed by atoms with E-state index in [-0.39, 0.29) is 18.4 Å². The maximum atomic E-state index is 11.5. The fraction of sp³-hybridized carbons (Fsp3) is 0.833. The highest BCUT2D eigenvalue weighted by atomic mass is 16.2. The van der Waals surface area contributed by atoms with Crippen molar-refractivity contribution in [2.24, 2.45) is 11.7 Å². The van der Waals surface area contributed by atoms with Crippen LogP contribution < -0.4 is 16.4 Å². The summed E-state index contributed by atoms with van der Waals surface area (Å²) in [5, 5.41) is 5.34. The molecule has 0 saturated heterocycles. The third-order valence-corrected chi connectivity index (χ3v) is 2.38. The predicted molar refractivity (Wildman–Crippen MR) is 68.4 cm³/mol. The molecule has 0 atom stereocenters. The molecule has 0 radical (unpaired) electrons. The molecule has 0 aromatic rings. The van der Waals surface area contributed by atoms with Crippen LogP contribution in [0.3, 0.4) is 0 Å². The van der Waals surface area contributed by atoms with Gasteiger partial charge in [-0.2, -0.15) is 0 Å². The monoisotopic (exact) mass is 243 g/mol. The molecule has 5 nitrogen and oxygen atoms in total. The van der Waals surface area contributed by atoms with Crippen LogP contribution in [0.15, 0.2) is 0 Å². The van der Waals surface area contributed by atoms with Gasteiger partial charge in [0.2, 0.25) is 11.8 Å². The molecule has 0 aromatic carbocycles. The van der Waals surface area contributed by atoms with Gasteiger partial charge in [0.1, 0.15) is 0 Å². The van der Waals surface area contributed by atoms with Crippen LogP contribution in [0.5, 0.6) is 0 Å². The molecular weight excluding hydrogens is 218 g/mol. The van der Waals surface area contributed by atoms with Crippen LogP contribution in [0.4, 0.5) is 0 Å². The number of nitrogens with one attached hydrogen (secondary N) is 2. The zero-order chi connectivity index (χ0) is 13.5. The lowest BCUT2D eigenvalue weighted by Gasteiger charge is -2.24. The number of hydrogen-bond acceptors (Lipinski definition) is 3. The Kier molecular flexibility index (Phi) is 6.80. The van der Waals surface area contributed by atoms with E-state index in [1.807, 2.05) is 13.8 Å². The van der Waals surface area contributed by atoms with E-state index in [0.717, 1.165) is 6.42 Å². The maximum absolute atomic E-state index is 11.5. The summed E-state index contributed by atoms with van der Waals surface area (Å²) in [4.78, 5) is 22.9. The Bertz CT molecular complexity index is 262. The maximum Gasteiger partial charge on any atom is 0.239 e. The molecule has 0 aliphatic rings. The molecule has 0 spiro atoms. The van der Waals surface area contributed by atoms with E-state index in [1.54, 1.807) is 0 Å². The average Bonchev–Trinajstić information content (AvgIpc) is 2.23. The Balaban J connectivity index is 3.81. The minimum Gasteiger partial charge on any atom is -0.348 e. The Hall–Kier alpha value is -1.10. The first-order valence-electron chi connectivity index (χ1n) is 6.04. The summed E-state index contributed by atoms with van der Waals surface area (Å²) in [6.07, 6.45) is 1.30. The van der Waals surface area contributed by atoms with Gasteiger partial charge in [-0.1, -0.05) is 13.8 Å². The van der Waals surface area contributed by atoms with Crippen LogP contribution >= 0.6 is 0 Å². The standard InChI is InChI=1S/C12H25N3O2/c1-9(2)5-6-10(16)14-7-11(17)15-12(3,4)8-13/h9H,5-8,13H2,1-4H3,(H,14,16)(H,15,17). The molecule has 0 aromatic heterocycles. The van der Waals surface area contributed by atoms with Crippen molar-refractivity contribution in [3.8, 4) is 0 Å². The Morgan fingerprint density at radius 2 is 1.82 bits per heavy atom. The summed E-state index contributed by atoms with van der Waals surface area (Å²) >= 11 is 0. The van der Waals surface area contributed by atoms with Gasteiger partial charge in [-0.3, -0.25) is 9.59 Å². The zero-order valence-electron chi connectivity index (χ0n) is 11.3. The molecule has 17 heavy (non-hydrogen) atoms. The van der Waals surface area contributed by atoms with Crippen LogP contribution in [0, 0.1) is 5.92 Å². The molecule has 4 N–H and O–H groups in total. The Labute approximate surface area is 104 Å². The first-order valence-corrected chi connectivity index (χ1v) is 6.04. The molecule has 0 aliphatic heterocycles. The van der Waals surface area contributed by atoms with Gasteiger partial charge in [0.25, 0.3) is 0 Å². The smallest absolute Gasteiger partial charge is 0.239 e. The Morgan fingerprint density at radius 1 is 1.24 bits per heavy atom. The van der Waals surface area contributed by atoms with E-state index < -0.39 is 5.54 Å². The third kappa shape index (κ3) is 8.68. The van der Waals surface area contributed by atoms with E-state index in [0.29, 0.717) is 18.9 Å². The molecule has 100 valence electrons. The van der Waals surface area contributed by atoms with Crippen molar-refractivity contribution in [3.05, 3.63) is 0 Å². The molecular formula is C12H25N3O2. The highest BCUT2D eigenvalue weighted by molar-refractivity contribution is 5.84. The Morgan fingerprint density at radius 3 is 2.29 bits per heavy atom. The summed E-state index contributed by atoms with van der Waals surface area (Å²) in [7, 11) is 0. The minimum atomic E-state index is -0.431. The van der Waals surface area contributed by atoms with Gasteiger partial charge in [-0.15, -0.1) is 0 Å². The van der Waals surface area contributed by atoms with Crippen molar-refractivity contribution in [2.75, 3.05) is 13.1 Å². The molecule has 0 bridgehead atoms.